The number of hydrogen-bond donors (Lipinski definition) is 16. The molecule has 4 saturated carbocycles. The molecule has 0 amide bonds. The highest BCUT2D eigenvalue weighted by Gasteiger charge is 2.70. The minimum atomic E-state index is -2.17. The molecule has 0 aromatic carbocycles. The highest BCUT2D eigenvalue weighted by molar-refractivity contribution is 5.16. The number of ether oxygens (including phenoxy) is 12. The van der Waals surface area contributed by atoms with Gasteiger partial charge in [0, 0.05) is 12.3 Å². The molecule has 4 aliphatic carbocycles. The van der Waals surface area contributed by atoms with Gasteiger partial charge in [-0.2, -0.15) is 0 Å². The molecule has 84 heavy (non-hydrogen) atoms. The fourth-order valence-corrected chi connectivity index (χ4v) is 17.4. The van der Waals surface area contributed by atoms with Crippen molar-refractivity contribution >= 4 is 0 Å². The lowest BCUT2D eigenvalue weighted by atomic mass is 9.44. The van der Waals surface area contributed by atoms with Crippen LogP contribution in [0.4, 0.5) is 0 Å². The Kier molecular flexibility index (Phi) is 19.0. The van der Waals surface area contributed by atoms with E-state index in [0.29, 0.717) is 42.4 Å². The topological polar surface area (TPSA) is 434 Å². The minimum Gasteiger partial charge on any atom is -0.394 e. The second-order valence-electron chi connectivity index (χ2n) is 27.0. The summed E-state index contributed by atoms with van der Waals surface area (Å²) in [4.78, 5) is 0. The Morgan fingerprint density at radius 3 is 1.67 bits per heavy atom. The third-order valence-electron chi connectivity index (χ3n) is 22.3. The van der Waals surface area contributed by atoms with Crippen LogP contribution < -0.4 is 0 Å². The average Bonchev–Trinajstić information content (AvgIpc) is 1.70. The van der Waals surface area contributed by atoms with Crippen LogP contribution in [0.3, 0.4) is 0 Å². The maximum Gasteiger partial charge on any atom is 0.187 e. The van der Waals surface area contributed by atoms with Gasteiger partial charge in [-0.3, -0.25) is 0 Å². The Morgan fingerprint density at radius 1 is 0.512 bits per heavy atom. The summed E-state index contributed by atoms with van der Waals surface area (Å²) >= 11 is 0. The Bertz CT molecular complexity index is 2200. The summed E-state index contributed by atoms with van der Waals surface area (Å²) in [6, 6.07) is 0. The van der Waals surface area contributed by atoms with Crippen molar-refractivity contribution in [3.63, 3.8) is 0 Å². The van der Waals surface area contributed by atoms with Gasteiger partial charge >= 0.3 is 0 Å². The van der Waals surface area contributed by atoms with E-state index in [1.165, 1.54) is 0 Å². The van der Waals surface area contributed by atoms with Crippen LogP contribution in [-0.2, 0) is 56.8 Å². The highest BCUT2D eigenvalue weighted by Crippen LogP contribution is 2.71. The van der Waals surface area contributed by atoms with Crippen molar-refractivity contribution in [1.82, 2.24) is 0 Å². The molecule has 1 spiro atoms. The van der Waals surface area contributed by atoms with Crippen molar-refractivity contribution < 1.29 is 139 Å². The van der Waals surface area contributed by atoms with E-state index in [4.69, 9.17) is 56.8 Å². The fourth-order valence-electron chi connectivity index (χ4n) is 17.4. The maximum atomic E-state index is 12.0. The summed E-state index contributed by atoms with van der Waals surface area (Å²) in [6.07, 6.45) is -35.5. The van der Waals surface area contributed by atoms with Gasteiger partial charge in [0.15, 0.2) is 37.2 Å². The predicted molar refractivity (Wildman–Crippen MR) is 276 cm³/mol. The summed E-state index contributed by atoms with van der Waals surface area (Å²) in [5.41, 5.74) is -2.29. The van der Waals surface area contributed by atoms with Crippen molar-refractivity contribution in [3.8, 4) is 0 Å². The van der Waals surface area contributed by atoms with Gasteiger partial charge < -0.3 is 139 Å². The molecule has 484 valence electrons. The lowest BCUT2D eigenvalue weighted by Crippen LogP contribution is -2.69. The highest BCUT2D eigenvalue weighted by atomic mass is 16.8. The van der Waals surface area contributed by atoms with Crippen molar-refractivity contribution in [1.29, 1.82) is 0 Å². The van der Waals surface area contributed by atoms with Gasteiger partial charge in [0.05, 0.1) is 64.6 Å². The first-order valence-electron chi connectivity index (χ1n) is 30.3. The van der Waals surface area contributed by atoms with Crippen molar-refractivity contribution in [3.05, 3.63) is 0 Å². The molecule has 0 aromatic rings. The van der Waals surface area contributed by atoms with E-state index in [1.807, 2.05) is 0 Å². The van der Waals surface area contributed by atoms with E-state index >= 15 is 0 Å². The first-order chi connectivity index (χ1) is 39.9. The lowest BCUT2D eigenvalue weighted by molar-refractivity contribution is -0.408. The standard InChI is InChI=1S/C56H92O28/c1-21-7-10-56(74-18-21)22(2)34-29(84-56)12-26-24-6-5-23-11-28(27(62)13-54(23,4)25(24)8-9-53(26,34)3)75-48-41(69)38(66)43(32(16-59)78-48)80-51-46(83-49-40(68)37(65)35(63)30(14-57)76-49)45(36(64)31(15-58)77-51)82-50-42(70)39(67)44(33(17-60)79-50)81-52-47(71)55(72,19-61)20-73-52/h21-52,57-72H,5-20H2,1-4H3/t21-,22+,23+,24-,25+,26+,27-,28-,29+,30-,31-,32-,33-,34+,35-,36-,37+,38-,39-,40-,41-,42-,43+,44-,45+,46-,47+,48-,49+,50+,51+,52+,53+,54+,55-,56-/m1/s1. The summed E-state index contributed by atoms with van der Waals surface area (Å²) in [6.45, 7) is 4.75. The molecule has 0 aromatic heterocycles. The van der Waals surface area contributed by atoms with Gasteiger partial charge in [0.25, 0.3) is 0 Å². The molecular formula is C56H92O28. The predicted octanol–water partition coefficient (Wildman–Crippen LogP) is -5.47. The molecule has 0 bridgehead atoms. The zero-order chi connectivity index (χ0) is 60.3. The van der Waals surface area contributed by atoms with Crippen LogP contribution in [0.5, 0.6) is 0 Å². The van der Waals surface area contributed by atoms with E-state index in [0.717, 1.165) is 51.6 Å². The fraction of sp³-hybridized carbons (Fsp3) is 1.00. The van der Waals surface area contributed by atoms with Crippen LogP contribution in [0.2, 0.25) is 0 Å². The summed E-state index contributed by atoms with van der Waals surface area (Å²) in [5.74, 6) is 2.11. The maximum absolute atomic E-state index is 12.0. The van der Waals surface area contributed by atoms with Gasteiger partial charge in [0.2, 0.25) is 0 Å². The first kappa shape index (κ1) is 64.4. The SMILES string of the molecule is C[C@@H]1CC[C@@]2(OC1)O[C@H]1C[C@H]3[C@@H]4CC[C@H]5C[C@@H](O[C@@H]6O[C@H](CO)[C@H](O[C@@H]7O[C@H](CO)[C@@H](O)[C@H](O[C@@H]8O[C@H](CO)[C@@H](O[C@@H]9OC[C@](O)(CO)[C@H]9O)[C@H](O)[C@H]8O)[C@H]7O[C@@H]7O[C@H](CO)[C@@H](O)[C@H](O)[C@H]7O)[C@H](O)[C@H]6O)[C@H](O)C[C@]5(C)[C@H]4CC[C@]3(C)[C@H]1[C@@H]2C. The molecule has 16 N–H and O–H groups in total. The zero-order valence-corrected chi connectivity index (χ0v) is 47.8. The third-order valence-corrected chi connectivity index (χ3v) is 22.3. The smallest absolute Gasteiger partial charge is 0.187 e. The average molecular weight is 1210 g/mol. The molecule has 28 heteroatoms. The molecule has 0 radical (unpaired) electrons. The molecular weight excluding hydrogens is 1120 g/mol. The molecule has 28 nitrogen and oxygen atoms in total. The molecule has 11 rings (SSSR count). The van der Waals surface area contributed by atoms with Crippen LogP contribution in [-0.4, -0.2) is 293 Å². The first-order valence-corrected chi connectivity index (χ1v) is 30.3. The monoisotopic (exact) mass is 1210 g/mol. The summed E-state index contributed by atoms with van der Waals surface area (Å²) < 4.78 is 72.9. The molecule has 11 fully saturated rings. The second-order valence-corrected chi connectivity index (χ2v) is 27.0. The van der Waals surface area contributed by atoms with Crippen LogP contribution >= 0.6 is 0 Å². The van der Waals surface area contributed by atoms with Gasteiger partial charge in [0.1, 0.15) is 109 Å². The molecule has 36 atom stereocenters. The Morgan fingerprint density at radius 2 is 1.07 bits per heavy atom. The van der Waals surface area contributed by atoms with Gasteiger partial charge in [-0.15, -0.1) is 0 Å². The largest absolute Gasteiger partial charge is 0.394 e. The zero-order valence-electron chi connectivity index (χ0n) is 47.8. The van der Waals surface area contributed by atoms with Crippen LogP contribution in [0.1, 0.15) is 85.5 Å². The van der Waals surface area contributed by atoms with Crippen molar-refractivity contribution in [2.24, 2.45) is 52.3 Å². The summed E-state index contributed by atoms with van der Waals surface area (Å²) in [5, 5.41) is 176. The third kappa shape index (κ3) is 11.0. The van der Waals surface area contributed by atoms with Crippen molar-refractivity contribution in [2.45, 2.75) is 250 Å². The van der Waals surface area contributed by atoms with Crippen LogP contribution in [0, 0.1) is 52.3 Å². The molecule has 7 saturated heterocycles. The van der Waals surface area contributed by atoms with Crippen LogP contribution in [0.15, 0.2) is 0 Å². The quantitative estimate of drug-likeness (QED) is 0.0680. The second kappa shape index (κ2) is 24.8. The lowest BCUT2D eigenvalue weighted by Gasteiger charge is -2.62. The Balaban J connectivity index is 0.781. The Labute approximate surface area is 486 Å². The number of rotatable bonds is 15. The minimum absolute atomic E-state index is 0.102. The van der Waals surface area contributed by atoms with Crippen molar-refractivity contribution in [2.75, 3.05) is 46.2 Å². The van der Waals surface area contributed by atoms with E-state index < -0.39 is 198 Å². The molecule has 7 heterocycles. The molecule has 0 unspecified atom stereocenters. The normalized spacial score (nSPS) is 57.6. The number of aliphatic hydroxyl groups excluding tert-OH is 15. The summed E-state index contributed by atoms with van der Waals surface area (Å²) in [7, 11) is 0. The van der Waals surface area contributed by atoms with E-state index in [1.54, 1.807) is 0 Å². The van der Waals surface area contributed by atoms with Gasteiger partial charge in [-0.05, 0) is 97.7 Å². The number of fused-ring (bicyclic) bond motifs is 7. The van der Waals surface area contributed by atoms with Crippen LogP contribution in [0.25, 0.3) is 0 Å². The van der Waals surface area contributed by atoms with Gasteiger partial charge in [-0.25, -0.2) is 0 Å². The Hall–Kier alpha value is -1.12. The van der Waals surface area contributed by atoms with Gasteiger partial charge in [-0.1, -0.05) is 27.7 Å². The van der Waals surface area contributed by atoms with E-state index in [2.05, 4.69) is 27.7 Å². The van der Waals surface area contributed by atoms with E-state index in [9.17, 15) is 81.7 Å². The number of hydrogen-bond acceptors (Lipinski definition) is 28. The number of aliphatic hydroxyl groups is 16. The molecule has 11 aliphatic rings. The van der Waals surface area contributed by atoms with E-state index in [-0.39, 0.29) is 28.8 Å². The molecule has 7 aliphatic heterocycles.